The van der Waals surface area contributed by atoms with Gasteiger partial charge in [-0.3, -0.25) is 14.4 Å². The Kier molecular flexibility index (Phi) is 67.2. The molecule has 0 heterocycles. The largest absolute Gasteiger partial charge is 0.462 e. The zero-order valence-electron chi connectivity index (χ0n) is 54.7. The highest BCUT2D eigenvalue weighted by Gasteiger charge is 2.19. The monoisotopic (exact) mass is 1150 g/mol. The number of rotatable bonds is 64. The van der Waals surface area contributed by atoms with Gasteiger partial charge in [0.1, 0.15) is 13.2 Å². The van der Waals surface area contributed by atoms with Crippen LogP contribution in [0.1, 0.15) is 342 Å². The maximum atomic E-state index is 12.9. The molecule has 0 rings (SSSR count). The highest BCUT2D eigenvalue weighted by atomic mass is 16.6. The molecule has 1 atom stereocenters. The Morgan fingerprint density at radius 1 is 0.253 bits per heavy atom. The molecule has 476 valence electrons. The fraction of sp³-hybridized carbons (Fsp3) is 0.727. The van der Waals surface area contributed by atoms with E-state index >= 15 is 0 Å². The highest BCUT2D eigenvalue weighted by molar-refractivity contribution is 5.71. The molecule has 6 heteroatoms. The van der Waals surface area contributed by atoms with Crippen LogP contribution in [0.3, 0.4) is 0 Å². The summed E-state index contributed by atoms with van der Waals surface area (Å²) in [4.78, 5) is 38.4. The van der Waals surface area contributed by atoms with Gasteiger partial charge in [0.05, 0.1) is 0 Å². The van der Waals surface area contributed by atoms with Crippen molar-refractivity contribution >= 4 is 17.9 Å². The number of ether oxygens (including phenoxy) is 3. The molecule has 0 aliphatic carbocycles. The summed E-state index contributed by atoms with van der Waals surface area (Å²) in [5.41, 5.74) is 0. The first-order chi connectivity index (χ1) is 41.0. The topological polar surface area (TPSA) is 78.9 Å². The summed E-state index contributed by atoms with van der Waals surface area (Å²) in [6, 6.07) is 0. The minimum absolute atomic E-state index is 0.0795. The van der Waals surface area contributed by atoms with Crippen LogP contribution in [0.4, 0.5) is 0 Å². The Bertz CT molecular complexity index is 1660. The standard InChI is InChI=1S/C77H132O6/c1-4-7-10-13-16-19-22-25-27-29-31-32-33-34-35-36-37-38-39-40-41-42-43-44-46-47-49-52-55-58-61-64-67-70-76(79)82-73-74(72-81-75(78)69-66-63-60-57-54-51-24-21-18-15-12-9-6-3)83-77(80)71-68-65-62-59-56-53-50-48-45-30-28-26-23-20-17-14-11-8-5-2/h7-8,10-11,16-17,19-20,25-28,31-32,34-35,45,48,74H,4-6,9,12-15,18,21-24,29-30,33,36-44,46-47,49-73H2,1-3H3/b10-7-,11-8-,19-16-,20-17-,27-25-,28-26-,32-31-,35-34-,48-45-. The van der Waals surface area contributed by atoms with E-state index in [9.17, 15) is 14.4 Å². The normalized spacial score (nSPS) is 12.8. The molecule has 0 N–H and O–H groups in total. The van der Waals surface area contributed by atoms with Gasteiger partial charge in [0.25, 0.3) is 0 Å². The van der Waals surface area contributed by atoms with Crippen molar-refractivity contribution in [3.05, 3.63) is 109 Å². The van der Waals surface area contributed by atoms with E-state index in [4.69, 9.17) is 14.2 Å². The van der Waals surface area contributed by atoms with Crippen molar-refractivity contribution in [2.24, 2.45) is 0 Å². The lowest BCUT2D eigenvalue weighted by molar-refractivity contribution is -0.167. The number of carbonyl (C=O) groups is 3. The summed E-state index contributed by atoms with van der Waals surface area (Å²) in [6.45, 7) is 6.44. The van der Waals surface area contributed by atoms with Gasteiger partial charge in [-0.1, -0.05) is 329 Å². The lowest BCUT2D eigenvalue weighted by Gasteiger charge is -2.18. The first-order valence-corrected chi connectivity index (χ1v) is 35.4. The molecule has 0 aromatic rings. The minimum Gasteiger partial charge on any atom is -0.462 e. The maximum absolute atomic E-state index is 12.9. The van der Waals surface area contributed by atoms with Crippen LogP contribution in [0.15, 0.2) is 109 Å². The van der Waals surface area contributed by atoms with Gasteiger partial charge in [-0.2, -0.15) is 0 Å². The van der Waals surface area contributed by atoms with E-state index in [2.05, 4.69) is 130 Å². The molecule has 0 fully saturated rings. The third kappa shape index (κ3) is 68.7. The van der Waals surface area contributed by atoms with E-state index in [1.165, 1.54) is 173 Å². The molecule has 1 unspecified atom stereocenters. The number of hydrogen-bond acceptors (Lipinski definition) is 6. The van der Waals surface area contributed by atoms with Crippen LogP contribution in [-0.2, 0) is 28.6 Å². The number of esters is 3. The summed E-state index contributed by atoms with van der Waals surface area (Å²) < 4.78 is 17.0. The minimum atomic E-state index is -0.785. The van der Waals surface area contributed by atoms with Crippen LogP contribution in [0.5, 0.6) is 0 Å². The van der Waals surface area contributed by atoms with E-state index in [-0.39, 0.29) is 31.1 Å². The lowest BCUT2D eigenvalue weighted by atomic mass is 10.0. The second-order valence-corrected chi connectivity index (χ2v) is 23.4. The van der Waals surface area contributed by atoms with Crippen LogP contribution in [0.2, 0.25) is 0 Å². The number of hydrogen-bond donors (Lipinski definition) is 0. The molecule has 0 amide bonds. The Balaban J connectivity index is 4.20. The Morgan fingerprint density at radius 3 is 0.735 bits per heavy atom. The van der Waals surface area contributed by atoms with Crippen molar-refractivity contribution in [2.75, 3.05) is 13.2 Å². The highest BCUT2D eigenvalue weighted by Crippen LogP contribution is 2.17. The molecular weight excluding hydrogens is 1020 g/mol. The zero-order valence-corrected chi connectivity index (χ0v) is 54.7. The van der Waals surface area contributed by atoms with Crippen molar-refractivity contribution in [1.29, 1.82) is 0 Å². The fourth-order valence-electron chi connectivity index (χ4n) is 10.1. The quantitative estimate of drug-likeness (QED) is 0.0261. The van der Waals surface area contributed by atoms with Crippen molar-refractivity contribution in [2.45, 2.75) is 348 Å². The average Bonchev–Trinajstić information content (AvgIpc) is 3.49. The predicted molar refractivity (Wildman–Crippen MR) is 362 cm³/mol. The van der Waals surface area contributed by atoms with E-state index in [1.54, 1.807) is 0 Å². The first-order valence-electron chi connectivity index (χ1n) is 35.4. The van der Waals surface area contributed by atoms with E-state index in [1.807, 2.05) is 0 Å². The predicted octanol–water partition coefficient (Wildman–Crippen LogP) is 24.6. The van der Waals surface area contributed by atoms with Gasteiger partial charge in [0, 0.05) is 19.3 Å². The molecule has 83 heavy (non-hydrogen) atoms. The lowest BCUT2D eigenvalue weighted by Crippen LogP contribution is -2.30. The molecule has 0 aromatic heterocycles. The van der Waals surface area contributed by atoms with Crippen molar-refractivity contribution < 1.29 is 28.6 Å². The molecule has 0 saturated heterocycles. The second-order valence-electron chi connectivity index (χ2n) is 23.4. The number of carbonyl (C=O) groups excluding carboxylic acids is 3. The molecule has 0 bridgehead atoms. The van der Waals surface area contributed by atoms with E-state index < -0.39 is 6.10 Å². The third-order valence-electron chi connectivity index (χ3n) is 15.3. The Morgan fingerprint density at radius 2 is 0.470 bits per heavy atom. The smallest absolute Gasteiger partial charge is 0.306 e. The molecule has 6 nitrogen and oxygen atoms in total. The molecule has 0 radical (unpaired) electrons. The van der Waals surface area contributed by atoms with Crippen LogP contribution in [0.25, 0.3) is 0 Å². The van der Waals surface area contributed by atoms with E-state index in [0.29, 0.717) is 19.3 Å². The summed E-state index contributed by atoms with van der Waals surface area (Å²) >= 11 is 0. The summed E-state index contributed by atoms with van der Waals surface area (Å²) in [7, 11) is 0. The summed E-state index contributed by atoms with van der Waals surface area (Å²) in [5, 5.41) is 0. The summed E-state index contributed by atoms with van der Waals surface area (Å²) in [6.07, 6.45) is 96.9. The number of unbranched alkanes of at least 4 members (excludes halogenated alkanes) is 35. The Labute approximate surface area is 514 Å². The molecular formula is C77H132O6. The van der Waals surface area contributed by atoms with Crippen LogP contribution in [0, 0.1) is 0 Å². The summed E-state index contributed by atoms with van der Waals surface area (Å²) in [5.74, 6) is -0.878. The average molecular weight is 1150 g/mol. The molecule has 0 saturated carbocycles. The van der Waals surface area contributed by atoms with Gasteiger partial charge >= 0.3 is 17.9 Å². The molecule has 0 aromatic carbocycles. The van der Waals surface area contributed by atoms with Crippen LogP contribution >= 0.6 is 0 Å². The SMILES string of the molecule is CC/C=C\C/C=C\C/C=C\C/C=C\C/C=C\CCCCCCCCCCCCCCCCCCCC(=O)OCC(COC(=O)CCCCCCCCCCCCCCC)OC(=O)CCCCCCCC/C=C\C/C=C\C/C=C\C/C=C\CC. The van der Waals surface area contributed by atoms with Gasteiger partial charge in [0.2, 0.25) is 0 Å². The van der Waals surface area contributed by atoms with Gasteiger partial charge in [0.15, 0.2) is 6.10 Å². The molecule has 0 spiro atoms. The van der Waals surface area contributed by atoms with Crippen molar-refractivity contribution in [3.8, 4) is 0 Å². The van der Waals surface area contributed by atoms with Crippen LogP contribution in [-0.4, -0.2) is 37.2 Å². The molecule has 0 aliphatic heterocycles. The molecule has 0 aliphatic rings. The van der Waals surface area contributed by atoms with Gasteiger partial charge < -0.3 is 14.2 Å². The van der Waals surface area contributed by atoms with Gasteiger partial charge in [-0.25, -0.2) is 0 Å². The Hall–Kier alpha value is -3.93. The zero-order chi connectivity index (χ0) is 59.9. The van der Waals surface area contributed by atoms with Crippen LogP contribution < -0.4 is 0 Å². The number of allylic oxidation sites excluding steroid dienone is 18. The van der Waals surface area contributed by atoms with Crippen molar-refractivity contribution in [1.82, 2.24) is 0 Å². The first kappa shape index (κ1) is 79.1. The maximum Gasteiger partial charge on any atom is 0.306 e. The van der Waals surface area contributed by atoms with E-state index in [0.717, 1.165) is 128 Å². The van der Waals surface area contributed by atoms with Gasteiger partial charge in [-0.15, -0.1) is 0 Å². The second kappa shape index (κ2) is 70.6. The van der Waals surface area contributed by atoms with Gasteiger partial charge in [-0.05, 0) is 103 Å². The van der Waals surface area contributed by atoms with Crippen molar-refractivity contribution in [3.63, 3.8) is 0 Å². The third-order valence-corrected chi connectivity index (χ3v) is 15.3. The fourth-order valence-corrected chi connectivity index (χ4v) is 10.1.